The number of nitrogens with zero attached hydrogens (tertiary/aromatic N) is 2. The van der Waals surface area contributed by atoms with Crippen LogP contribution in [0.2, 0.25) is 0 Å². The van der Waals surface area contributed by atoms with Crippen molar-refractivity contribution in [3.8, 4) is 11.4 Å². The minimum Gasteiger partial charge on any atom is -0.383 e. The highest BCUT2D eigenvalue weighted by Gasteiger charge is 2.18. The minimum atomic E-state index is -3.60. The molecule has 114 valence electrons. The summed E-state index contributed by atoms with van der Waals surface area (Å²) in [6.07, 6.45) is 0. The quantitative estimate of drug-likeness (QED) is 0.808. The third-order valence-corrected chi connectivity index (χ3v) is 4.46. The molecule has 1 heterocycles. The van der Waals surface area contributed by atoms with Crippen LogP contribution in [0.5, 0.6) is 0 Å². The highest BCUT2D eigenvalue weighted by molar-refractivity contribution is 7.89. The van der Waals surface area contributed by atoms with Gasteiger partial charge >= 0.3 is 0 Å². The van der Waals surface area contributed by atoms with Gasteiger partial charge in [0.05, 0.1) is 11.5 Å². The van der Waals surface area contributed by atoms with E-state index < -0.39 is 10.0 Å². The van der Waals surface area contributed by atoms with Crippen molar-refractivity contribution in [2.24, 2.45) is 0 Å². The van der Waals surface area contributed by atoms with E-state index in [0.717, 1.165) is 0 Å². The third-order valence-electron chi connectivity index (χ3n) is 2.86. The van der Waals surface area contributed by atoms with Gasteiger partial charge < -0.3 is 9.26 Å². The minimum absolute atomic E-state index is 0.193. The van der Waals surface area contributed by atoms with Gasteiger partial charge in [0.1, 0.15) is 0 Å². The summed E-state index contributed by atoms with van der Waals surface area (Å²) in [4.78, 5) is 4.29. The van der Waals surface area contributed by atoms with Gasteiger partial charge in [-0.25, -0.2) is 13.1 Å². The number of aromatic nitrogens is 2. The Morgan fingerprint density at radius 3 is 2.71 bits per heavy atom. The van der Waals surface area contributed by atoms with Crippen LogP contribution in [0.1, 0.15) is 11.5 Å². The third kappa shape index (κ3) is 3.66. The second kappa shape index (κ2) is 6.33. The molecule has 0 bridgehead atoms. The maximum Gasteiger partial charge on any atom is 0.240 e. The van der Waals surface area contributed by atoms with Crippen molar-refractivity contribution in [1.29, 1.82) is 0 Å². The molecule has 1 N–H and O–H groups in total. The fourth-order valence-corrected chi connectivity index (χ4v) is 3.08. The van der Waals surface area contributed by atoms with E-state index in [1.54, 1.807) is 26.0 Å². The van der Waals surface area contributed by atoms with Crippen molar-refractivity contribution in [2.45, 2.75) is 18.7 Å². The van der Waals surface area contributed by atoms with Crippen molar-refractivity contribution >= 4 is 10.0 Å². The molecule has 0 aliphatic rings. The molecule has 0 amide bonds. The molecule has 0 aliphatic carbocycles. The number of methoxy groups -OCH3 is 1. The Hall–Kier alpha value is -1.77. The first kappa shape index (κ1) is 15.6. The first-order valence-corrected chi connectivity index (χ1v) is 7.82. The first-order chi connectivity index (χ1) is 9.94. The van der Waals surface area contributed by atoms with Gasteiger partial charge in [-0.2, -0.15) is 4.98 Å². The molecule has 2 rings (SSSR count). The number of benzene rings is 1. The van der Waals surface area contributed by atoms with Gasteiger partial charge in [0.15, 0.2) is 0 Å². The fraction of sp³-hybridized carbons (Fsp3) is 0.385. The lowest BCUT2D eigenvalue weighted by molar-refractivity contribution is 0.204. The zero-order valence-corrected chi connectivity index (χ0v) is 12.9. The SMILES string of the molecule is COCCNS(=O)(=O)c1cc(-c2noc(C)n2)ccc1C. The van der Waals surface area contributed by atoms with E-state index >= 15 is 0 Å². The number of nitrogens with one attached hydrogen (secondary N) is 1. The van der Waals surface area contributed by atoms with Crippen LogP contribution in [-0.2, 0) is 14.8 Å². The van der Waals surface area contributed by atoms with E-state index in [0.29, 0.717) is 29.4 Å². The molecule has 0 radical (unpaired) electrons. The average Bonchev–Trinajstić information content (AvgIpc) is 2.86. The Kier molecular flexibility index (Phi) is 4.71. The van der Waals surface area contributed by atoms with Gasteiger partial charge in [0.25, 0.3) is 0 Å². The van der Waals surface area contributed by atoms with Crippen LogP contribution < -0.4 is 4.72 Å². The van der Waals surface area contributed by atoms with Crippen molar-refractivity contribution in [1.82, 2.24) is 14.9 Å². The maximum atomic E-state index is 12.3. The summed E-state index contributed by atoms with van der Waals surface area (Å²) in [6, 6.07) is 5.01. The second-order valence-electron chi connectivity index (χ2n) is 4.51. The molecule has 1 aromatic heterocycles. The largest absolute Gasteiger partial charge is 0.383 e. The van der Waals surface area contributed by atoms with Gasteiger partial charge in [0.2, 0.25) is 21.7 Å². The molecular formula is C13H17N3O4S. The Labute approximate surface area is 123 Å². The van der Waals surface area contributed by atoms with Crippen LogP contribution in [-0.4, -0.2) is 38.8 Å². The number of rotatable bonds is 6. The number of hydrogen-bond donors (Lipinski definition) is 1. The van der Waals surface area contributed by atoms with E-state index in [1.807, 2.05) is 0 Å². The van der Waals surface area contributed by atoms with Gasteiger partial charge in [-0.05, 0) is 18.6 Å². The fourth-order valence-electron chi connectivity index (χ4n) is 1.80. The number of hydrogen-bond acceptors (Lipinski definition) is 6. The number of aryl methyl sites for hydroxylation is 2. The van der Waals surface area contributed by atoms with Crippen molar-refractivity contribution in [2.75, 3.05) is 20.3 Å². The number of ether oxygens (including phenoxy) is 1. The van der Waals surface area contributed by atoms with Crippen molar-refractivity contribution in [3.63, 3.8) is 0 Å². The Morgan fingerprint density at radius 2 is 2.10 bits per heavy atom. The predicted octanol–water partition coefficient (Wildman–Crippen LogP) is 1.28. The highest BCUT2D eigenvalue weighted by Crippen LogP contribution is 2.23. The monoisotopic (exact) mass is 311 g/mol. The topological polar surface area (TPSA) is 94.3 Å². The molecule has 0 fully saturated rings. The van der Waals surface area contributed by atoms with Crippen LogP contribution in [0.25, 0.3) is 11.4 Å². The van der Waals surface area contributed by atoms with Crippen LogP contribution in [0.4, 0.5) is 0 Å². The smallest absolute Gasteiger partial charge is 0.240 e. The first-order valence-electron chi connectivity index (χ1n) is 6.34. The zero-order valence-electron chi connectivity index (χ0n) is 12.1. The molecule has 2 aromatic rings. The summed E-state index contributed by atoms with van der Waals surface area (Å²) >= 11 is 0. The van der Waals surface area contributed by atoms with E-state index in [4.69, 9.17) is 9.26 Å². The van der Waals surface area contributed by atoms with E-state index in [1.165, 1.54) is 13.2 Å². The molecular weight excluding hydrogens is 294 g/mol. The lowest BCUT2D eigenvalue weighted by atomic mass is 10.1. The molecule has 21 heavy (non-hydrogen) atoms. The van der Waals surface area contributed by atoms with Gasteiger partial charge in [-0.3, -0.25) is 0 Å². The molecule has 0 aliphatic heterocycles. The molecule has 0 atom stereocenters. The van der Waals surface area contributed by atoms with Crippen LogP contribution in [0, 0.1) is 13.8 Å². The van der Waals surface area contributed by atoms with Gasteiger partial charge in [-0.15, -0.1) is 0 Å². The summed E-state index contributed by atoms with van der Waals surface area (Å²) in [5, 5.41) is 3.79. The average molecular weight is 311 g/mol. The molecule has 0 unspecified atom stereocenters. The van der Waals surface area contributed by atoms with E-state index in [2.05, 4.69) is 14.9 Å². The van der Waals surface area contributed by atoms with Crippen LogP contribution in [0.15, 0.2) is 27.6 Å². The van der Waals surface area contributed by atoms with Crippen molar-refractivity contribution < 1.29 is 17.7 Å². The molecule has 0 saturated carbocycles. The summed E-state index contributed by atoms with van der Waals surface area (Å²) in [5.41, 5.74) is 1.23. The van der Waals surface area contributed by atoms with Crippen molar-refractivity contribution in [3.05, 3.63) is 29.7 Å². The molecule has 7 nitrogen and oxygen atoms in total. The molecule has 0 saturated heterocycles. The Bertz CT molecular complexity index is 725. The summed E-state index contributed by atoms with van der Waals surface area (Å²) in [7, 11) is -2.09. The molecule has 8 heteroatoms. The predicted molar refractivity (Wildman–Crippen MR) is 76.3 cm³/mol. The summed E-state index contributed by atoms with van der Waals surface area (Å²) < 4.78 is 36.8. The maximum absolute atomic E-state index is 12.3. The normalized spacial score (nSPS) is 11.8. The van der Waals surface area contributed by atoms with Crippen LogP contribution >= 0.6 is 0 Å². The molecule has 0 spiro atoms. The standard InChI is InChI=1S/C13H17N3O4S/c1-9-4-5-11(13-15-10(2)20-16-13)8-12(9)21(17,18)14-6-7-19-3/h4-5,8,14H,6-7H2,1-3H3. The highest BCUT2D eigenvalue weighted by atomic mass is 32.2. The lowest BCUT2D eigenvalue weighted by Gasteiger charge is -2.10. The molecule has 1 aromatic carbocycles. The lowest BCUT2D eigenvalue weighted by Crippen LogP contribution is -2.27. The van der Waals surface area contributed by atoms with Gasteiger partial charge in [0, 0.05) is 26.1 Å². The summed E-state index contributed by atoms with van der Waals surface area (Å²) in [6.45, 7) is 3.93. The van der Waals surface area contributed by atoms with Gasteiger partial charge in [-0.1, -0.05) is 17.3 Å². The number of sulfonamides is 1. The Morgan fingerprint density at radius 1 is 1.33 bits per heavy atom. The van der Waals surface area contributed by atoms with E-state index in [-0.39, 0.29) is 11.4 Å². The van der Waals surface area contributed by atoms with E-state index in [9.17, 15) is 8.42 Å². The Balaban J connectivity index is 2.35. The van der Waals surface area contributed by atoms with Crippen LogP contribution in [0.3, 0.4) is 0 Å². The summed E-state index contributed by atoms with van der Waals surface area (Å²) in [5.74, 6) is 0.786. The second-order valence-corrected chi connectivity index (χ2v) is 6.24. The zero-order chi connectivity index (χ0) is 15.5.